The summed E-state index contributed by atoms with van der Waals surface area (Å²) in [6.07, 6.45) is -2.38. The van der Waals surface area contributed by atoms with E-state index in [0.29, 0.717) is 0 Å². The highest BCUT2D eigenvalue weighted by Gasteiger charge is 2.47. The summed E-state index contributed by atoms with van der Waals surface area (Å²) in [5.41, 5.74) is 3.30. The van der Waals surface area contributed by atoms with Crippen molar-refractivity contribution in [1.82, 2.24) is 10.6 Å². The van der Waals surface area contributed by atoms with Crippen LogP contribution in [0.15, 0.2) is 48.5 Å². The second kappa shape index (κ2) is 9.21. The Balaban J connectivity index is 1.38. The zero-order valence-corrected chi connectivity index (χ0v) is 18.1. The number of amides is 2. The molecule has 1 aliphatic heterocycles. The minimum absolute atomic E-state index is 0.0380. The summed E-state index contributed by atoms with van der Waals surface area (Å²) in [6.45, 7) is 1.45. The molecule has 0 aromatic heterocycles. The van der Waals surface area contributed by atoms with E-state index in [0.717, 1.165) is 22.3 Å². The molecule has 1 heterocycles. The summed E-state index contributed by atoms with van der Waals surface area (Å²) in [4.78, 5) is 36.0. The third-order valence-corrected chi connectivity index (χ3v) is 6.35. The van der Waals surface area contributed by atoms with Gasteiger partial charge in [0, 0.05) is 5.92 Å². The number of aliphatic carboxylic acids is 1. The van der Waals surface area contributed by atoms with Crippen LogP contribution in [0.3, 0.4) is 0 Å². The Morgan fingerprint density at radius 1 is 1.12 bits per heavy atom. The van der Waals surface area contributed by atoms with Crippen molar-refractivity contribution in [2.45, 2.75) is 25.0 Å². The Morgan fingerprint density at radius 2 is 1.73 bits per heavy atom. The number of rotatable bonds is 7. The van der Waals surface area contributed by atoms with Gasteiger partial charge in [0.05, 0.1) is 31.2 Å². The quantitative estimate of drug-likeness (QED) is 0.498. The summed E-state index contributed by atoms with van der Waals surface area (Å²) >= 11 is 0. The molecule has 3 atom stereocenters. The van der Waals surface area contributed by atoms with Gasteiger partial charge < -0.3 is 30.3 Å². The van der Waals surface area contributed by atoms with Crippen LogP contribution in [0.25, 0.3) is 11.1 Å². The van der Waals surface area contributed by atoms with Gasteiger partial charge in [-0.3, -0.25) is 4.79 Å². The van der Waals surface area contributed by atoms with Gasteiger partial charge in [-0.1, -0.05) is 48.5 Å². The second-order valence-corrected chi connectivity index (χ2v) is 8.52. The Labute approximate surface area is 190 Å². The molecule has 2 amide bonds. The minimum atomic E-state index is -1.71. The third-order valence-electron chi connectivity index (χ3n) is 6.35. The van der Waals surface area contributed by atoms with Crippen LogP contribution in [0.4, 0.5) is 4.79 Å². The van der Waals surface area contributed by atoms with Crippen LogP contribution >= 0.6 is 0 Å². The number of carboxylic acid groups (broad SMARTS) is 1. The van der Waals surface area contributed by atoms with Gasteiger partial charge in [0.25, 0.3) is 0 Å². The van der Waals surface area contributed by atoms with Gasteiger partial charge >= 0.3 is 12.1 Å². The van der Waals surface area contributed by atoms with E-state index in [1.165, 1.54) is 0 Å². The van der Waals surface area contributed by atoms with E-state index in [1.807, 2.05) is 36.4 Å². The highest BCUT2D eigenvalue weighted by Crippen LogP contribution is 2.44. The molecule has 4 N–H and O–H groups in total. The number of carbonyl (C=O) groups is 3. The molecule has 2 aromatic carbocycles. The van der Waals surface area contributed by atoms with Crippen LogP contribution in [0, 0.1) is 5.41 Å². The fraction of sp³-hybridized carbons (Fsp3) is 0.375. The van der Waals surface area contributed by atoms with Crippen molar-refractivity contribution in [3.05, 3.63) is 59.7 Å². The first kappa shape index (κ1) is 22.8. The van der Waals surface area contributed by atoms with Gasteiger partial charge in [-0.2, -0.15) is 0 Å². The van der Waals surface area contributed by atoms with Gasteiger partial charge in [0.15, 0.2) is 6.10 Å². The van der Waals surface area contributed by atoms with Crippen LogP contribution in [0.5, 0.6) is 0 Å². The van der Waals surface area contributed by atoms with E-state index >= 15 is 0 Å². The van der Waals surface area contributed by atoms with E-state index in [2.05, 4.69) is 22.8 Å². The number of carboxylic acids is 1. The molecule has 1 fully saturated rings. The number of aliphatic hydroxyl groups is 1. The number of hydrogen-bond donors (Lipinski definition) is 4. The van der Waals surface area contributed by atoms with Crippen molar-refractivity contribution in [2.24, 2.45) is 5.41 Å². The number of aliphatic hydroxyl groups excluding tert-OH is 1. The van der Waals surface area contributed by atoms with Gasteiger partial charge in [0.1, 0.15) is 6.61 Å². The maximum Gasteiger partial charge on any atom is 0.407 e. The molecular weight excluding hydrogens is 428 g/mol. The van der Waals surface area contributed by atoms with Crippen LogP contribution < -0.4 is 10.6 Å². The van der Waals surface area contributed by atoms with E-state index in [4.69, 9.17) is 14.6 Å². The number of ether oxygens (including phenoxy) is 2. The summed E-state index contributed by atoms with van der Waals surface area (Å²) in [5.74, 6) is -2.05. The van der Waals surface area contributed by atoms with E-state index < -0.39 is 42.1 Å². The molecule has 1 saturated heterocycles. The average molecular weight is 454 g/mol. The molecule has 2 aliphatic rings. The molecular formula is C24H26N2O7. The van der Waals surface area contributed by atoms with Crippen molar-refractivity contribution in [3.8, 4) is 11.1 Å². The first-order valence-electron chi connectivity index (χ1n) is 10.7. The molecule has 0 radical (unpaired) electrons. The largest absolute Gasteiger partial charge is 0.479 e. The summed E-state index contributed by atoms with van der Waals surface area (Å²) in [6, 6.07) is 15.4. The molecule has 0 bridgehead atoms. The molecule has 9 heteroatoms. The fourth-order valence-corrected chi connectivity index (χ4v) is 4.36. The van der Waals surface area contributed by atoms with Crippen LogP contribution in [-0.4, -0.2) is 66.7 Å². The Bertz CT molecular complexity index is 1030. The van der Waals surface area contributed by atoms with E-state index in [1.54, 1.807) is 6.92 Å². The normalized spacial score (nSPS) is 22.2. The molecule has 1 aliphatic carbocycles. The van der Waals surface area contributed by atoms with Crippen LogP contribution in [-0.2, 0) is 19.1 Å². The molecule has 4 rings (SSSR count). The Hall–Kier alpha value is -3.43. The lowest BCUT2D eigenvalue weighted by atomic mass is 9.84. The Kier molecular flexibility index (Phi) is 6.35. The molecule has 9 nitrogen and oxygen atoms in total. The molecule has 3 unspecified atom stereocenters. The van der Waals surface area contributed by atoms with Crippen molar-refractivity contribution in [2.75, 3.05) is 26.4 Å². The smallest absolute Gasteiger partial charge is 0.407 e. The number of fused-ring (bicyclic) bond motifs is 3. The molecule has 2 aromatic rings. The third kappa shape index (κ3) is 4.42. The number of nitrogens with one attached hydrogen (secondary N) is 2. The lowest BCUT2D eigenvalue weighted by molar-refractivity contribution is -0.146. The van der Waals surface area contributed by atoms with Gasteiger partial charge in [0.2, 0.25) is 5.91 Å². The number of benzene rings is 2. The summed E-state index contributed by atoms with van der Waals surface area (Å²) in [7, 11) is 0. The number of alkyl carbamates (subject to hydrolysis) is 1. The molecule has 174 valence electrons. The molecule has 0 spiro atoms. The van der Waals surface area contributed by atoms with Crippen molar-refractivity contribution < 1.29 is 34.1 Å². The highest BCUT2D eigenvalue weighted by molar-refractivity contribution is 5.85. The van der Waals surface area contributed by atoms with E-state index in [-0.39, 0.29) is 25.7 Å². The Morgan fingerprint density at radius 3 is 2.33 bits per heavy atom. The average Bonchev–Trinajstić information content (AvgIpc) is 3.34. The van der Waals surface area contributed by atoms with Crippen molar-refractivity contribution >= 4 is 18.0 Å². The maximum atomic E-state index is 12.6. The predicted octanol–water partition coefficient (Wildman–Crippen LogP) is 1.49. The monoisotopic (exact) mass is 454 g/mol. The SMILES string of the molecule is CC1(C(=O)NCC(O)C(=O)O)COCC1NC(=O)OCC1c2ccccc2-c2ccccc21. The van der Waals surface area contributed by atoms with Crippen molar-refractivity contribution in [3.63, 3.8) is 0 Å². The van der Waals surface area contributed by atoms with Crippen LogP contribution in [0.2, 0.25) is 0 Å². The zero-order chi connectivity index (χ0) is 23.6. The fourth-order valence-electron chi connectivity index (χ4n) is 4.36. The highest BCUT2D eigenvalue weighted by atomic mass is 16.5. The maximum absolute atomic E-state index is 12.6. The molecule has 0 saturated carbocycles. The van der Waals surface area contributed by atoms with Gasteiger partial charge in [-0.25, -0.2) is 9.59 Å². The topological polar surface area (TPSA) is 134 Å². The van der Waals surface area contributed by atoms with Gasteiger partial charge in [-0.05, 0) is 29.2 Å². The summed E-state index contributed by atoms with van der Waals surface area (Å²) < 4.78 is 11.0. The first-order chi connectivity index (χ1) is 15.8. The molecule has 33 heavy (non-hydrogen) atoms. The van der Waals surface area contributed by atoms with Gasteiger partial charge in [-0.15, -0.1) is 0 Å². The lowest BCUT2D eigenvalue weighted by Crippen LogP contribution is -2.54. The number of carbonyl (C=O) groups excluding carboxylic acids is 2. The lowest BCUT2D eigenvalue weighted by Gasteiger charge is -2.29. The van der Waals surface area contributed by atoms with E-state index in [9.17, 15) is 19.5 Å². The predicted molar refractivity (Wildman–Crippen MR) is 118 cm³/mol. The summed E-state index contributed by atoms with van der Waals surface area (Å²) in [5, 5.41) is 23.3. The zero-order valence-electron chi connectivity index (χ0n) is 18.1. The first-order valence-corrected chi connectivity index (χ1v) is 10.7. The standard InChI is InChI=1S/C24H26N2O7/c1-24(22(30)25-10-19(27)21(28)29)13-32-12-20(24)26-23(31)33-11-18-16-8-4-2-6-14(16)15-7-3-5-9-17(15)18/h2-9,18-20,27H,10-13H2,1H3,(H,25,30)(H,26,31)(H,28,29). The van der Waals surface area contributed by atoms with Crippen LogP contribution in [0.1, 0.15) is 24.0 Å². The second-order valence-electron chi connectivity index (χ2n) is 8.52. The number of hydrogen-bond acceptors (Lipinski definition) is 6. The minimum Gasteiger partial charge on any atom is -0.479 e. The van der Waals surface area contributed by atoms with Crippen molar-refractivity contribution in [1.29, 1.82) is 0 Å².